The van der Waals surface area contributed by atoms with Crippen LogP contribution in [0.3, 0.4) is 0 Å². The average Bonchev–Trinajstić information content (AvgIpc) is 2.33. The zero-order valence-electron chi connectivity index (χ0n) is 12.2. The molecule has 0 aromatic heterocycles. The molecule has 5 heteroatoms. The maximum atomic E-state index is 11.4. The van der Waals surface area contributed by atoms with Gasteiger partial charge in [0.2, 0.25) is 10.0 Å². The zero-order valence-corrected chi connectivity index (χ0v) is 13.0. The lowest BCUT2D eigenvalue weighted by atomic mass is 10.1. The summed E-state index contributed by atoms with van der Waals surface area (Å²) in [4.78, 5) is 2.28. The van der Waals surface area contributed by atoms with Crippen LogP contribution in [0.4, 0.5) is 11.4 Å². The molecule has 0 amide bonds. The number of sulfonamides is 1. The van der Waals surface area contributed by atoms with E-state index in [2.05, 4.69) is 29.5 Å². The molecule has 1 aromatic carbocycles. The number of hydrogen-bond donors (Lipinski definition) is 1. The molecular weight excluding hydrogens is 260 g/mol. The van der Waals surface area contributed by atoms with E-state index in [4.69, 9.17) is 0 Å². The van der Waals surface area contributed by atoms with Gasteiger partial charge in [0.25, 0.3) is 0 Å². The number of nitrogens with one attached hydrogen (secondary N) is 1. The molecule has 0 spiro atoms. The lowest BCUT2D eigenvalue weighted by Crippen LogP contribution is -2.25. The van der Waals surface area contributed by atoms with E-state index in [1.807, 2.05) is 19.1 Å². The second kappa shape index (κ2) is 6.80. The predicted molar refractivity (Wildman–Crippen MR) is 82.5 cm³/mol. The van der Waals surface area contributed by atoms with Crippen molar-refractivity contribution in [3.05, 3.63) is 23.8 Å². The van der Waals surface area contributed by atoms with Gasteiger partial charge in [-0.2, -0.15) is 0 Å². The zero-order chi connectivity index (χ0) is 14.5. The second-order valence-corrected chi connectivity index (χ2v) is 6.36. The van der Waals surface area contributed by atoms with Crippen molar-refractivity contribution in [2.45, 2.75) is 33.6 Å². The summed E-state index contributed by atoms with van der Waals surface area (Å²) in [6.07, 6.45) is 3.05. The lowest BCUT2D eigenvalue weighted by molar-refractivity contribution is 0.606. The van der Waals surface area contributed by atoms with Crippen molar-refractivity contribution in [2.75, 3.05) is 29.0 Å². The summed E-state index contributed by atoms with van der Waals surface area (Å²) in [5.74, 6) is 0. The number of nitrogens with zero attached hydrogens (tertiary/aromatic N) is 1. The molecule has 0 saturated carbocycles. The van der Waals surface area contributed by atoms with Gasteiger partial charge in [-0.3, -0.25) is 4.72 Å². The van der Waals surface area contributed by atoms with Gasteiger partial charge in [-0.1, -0.05) is 19.9 Å². The van der Waals surface area contributed by atoms with Crippen LogP contribution in [0.25, 0.3) is 0 Å². The van der Waals surface area contributed by atoms with E-state index in [1.54, 1.807) is 0 Å². The largest absolute Gasteiger partial charge is 0.372 e. The summed E-state index contributed by atoms with van der Waals surface area (Å²) >= 11 is 0. The molecule has 0 heterocycles. The van der Waals surface area contributed by atoms with Crippen LogP contribution in [0.2, 0.25) is 0 Å². The Morgan fingerprint density at radius 2 is 1.89 bits per heavy atom. The molecule has 0 bridgehead atoms. The highest BCUT2D eigenvalue weighted by Gasteiger charge is 2.13. The topological polar surface area (TPSA) is 49.4 Å². The molecule has 108 valence electrons. The maximum Gasteiger partial charge on any atom is 0.229 e. The molecule has 0 unspecified atom stereocenters. The normalized spacial score (nSPS) is 11.4. The van der Waals surface area contributed by atoms with Crippen molar-refractivity contribution in [2.24, 2.45) is 0 Å². The van der Waals surface area contributed by atoms with Crippen molar-refractivity contribution in [3.8, 4) is 0 Å². The van der Waals surface area contributed by atoms with E-state index in [1.165, 1.54) is 6.26 Å². The number of hydrogen-bond acceptors (Lipinski definition) is 3. The third-order valence-corrected chi connectivity index (χ3v) is 3.61. The van der Waals surface area contributed by atoms with Crippen molar-refractivity contribution in [1.29, 1.82) is 0 Å². The van der Waals surface area contributed by atoms with Crippen molar-refractivity contribution >= 4 is 21.4 Å². The van der Waals surface area contributed by atoms with Crippen molar-refractivity contribution in [3.63, 3.8) is 0 Å². The monoisotopic (exact) mass is 284 g/mol. The lowest BCUT2D eigenvalue weighted by Gasteiger charge is -2.26. The molecule has 0 saturated heterocycles. The molecule has 0 aliphatic heterocycles. The van der Waals surface area contributed by atoms with Gasteiger partial charge in [0.1, 0.15) is 0 Å². The van der Waals surface area contributed by atoms with Gasteiger partial charge >= 0.3 is 0 Å². The van der Waals surface area contributed by atoms with Gasteiger partial charge in [0.05, 0.1) is 11.9 Å². The van der Waals surface area contributed by atoms with Crippen LogP contribution >= 0.6 is 0 Å². The predicted octanol–water partition coefficient (Wildman–Crippen LogP) is 2.86. The molecule has 0 radical (unpaired) electrons. The van der Waals surface area contributed by atoms with Crippen LogP contribution in [0.5, 0.6) is 0 Å². The van der Waals surface area contributed by atoms with Crippen molar-refractivity contribution < 1.29 is 8.42 Å². The minimum absolute atomic E-state index is 0.692. The van der Waals surface area contributed by atoms with Gasteiger partial charge in [-0.25, -0.2) is 8.42 Å². The number of anilines is 2. The van der Waals surface area contributed by atoms with E-state index >= 15 is 0 Å². The number of rotatable bonds is 7. The summed E-state index contributed by atoms with van der Waals surface area (Å²) in [5, 5.41) is 0. The average molecular weight is 284 g/mol. The van der Waals surface area contributed by atoms with Crippen LogP contribution in [0.1, 0.15) is 32.8 Å². The van der Waals surface area contributed by atoms with Gasteiger partial charge in [0.15, 0.2) is 0 Å². The number of benzene rings is 1. The molecule has 19 heavy (non-hydrogen) atoms. The molecule has 0 aliphatic carbocycles. The van der Waals surface area contributed by atoms with Gasteiger partial charge in [-0.05, 0) is 37.5 Å². The Labute approximate surface area is 116 Å². The highest BCUT2D eigenvalue weighted by molar-refractivity contribution is 7.92. The van der Waals surface area contributed by atoms with E-state index < -0.39 is 10.0 Å². The fourth-order valence-electron chi connectivity index (χ4n) is 2.26. The first-order valence-corrected chi connectivity index (χ1v) is 8.66. The van der Waals surface area contributed by atoms with E-state index in [-0.39, 0.29) is 0 Å². The van der Waals surface area contributed by atoms with E-state index in [0.29, 0.717) is 5.69 Å². The molecule has 0 aliphatic rings. The Morgan fingerprint density at radius 3 is 2.37 bits per heavy atom. The first kappa shape index (κ1) is 15.8. The SMILES string of the molecule is CCCN(CC)c1cccc(NS(C)(=O)=O)c1CC. The van der Waals surface area contributed by atoms with Crippen molar-refractivity contribution in [1.82, 2.24) is 0 Å². The van der Waals surface area contributed by atoms with Crippen LogP contribution in [-0.4, -0.2) is 27.8 Å². The standard InChI is InChI=1S/C14H24N2O2S/c1-5-11-16(7-3)14-10-8-9-13(12(14)6-2)15-19(4,17)18/h8-10,15H,5-7,11H2,1-4H3. The van der Waals surface area contributed by atoms with Gasteiger partial charge < -0.3 is 4.90 Å². The highest BCUT2D eigenvalue weighted by Crippen LogP contribution is 2.29. The Bertz CT molecular complexity index is 512. The highest BCUT2D eigenvalue weighted by atomic mass is 32.2. The molecule has 0 atom stereocenters. The first-order valence-electron chi connectivity index (χ1n) is 6.77. The Morgan fingerprint density at radius 1 is 1.21 bits per heavy atom. The Hall–Kier alpha value is -1.23. The fourth-order valence-corrected chi connectivity index (χ4v) is 2.85. The molecule has 4 nitrogen and oxygen atoms in total. The summed E-state index contributed by atoms with van der Waals surface area (Å²) in [5.41, 5.74) is 2.88. The molecule has 1 N–H and O–H groups in total. The Balaban J connectivity index is 3.22. The molecule has 1 aromatic rings. The molecule has 1 rings (SSSR count). The van der Waals surface area contributed by atoms with E-state index in [0.717, 1.165) is 37.2 Å². The molecular formula is C14H24N2O2S. The minimum atomic E-state index is -3.24. The van der Waals surface area contributed by atoms with Crippen LogP contribution < -0.4 is 9.62 Å². The quantitative estimate of drug-likeness (QED) is 0.837. The van der Waals surface area contributed by atoms with Gasteiger partial charge in [-0.15, -0.1) is 0 Å². The second-order valence-electron chi connectivity index (χ2n) is 4.61. The Kier molecular flexibility index (Phi) is 5.66. The van der Waals surface area contributed by atoms with Crippen LogP contribution in [-0.2, 0) is 16.4 Å². The first-order chi connectivity index (χ1) is 8.92. The van der Waals surface area contributed by atoms with Crippen LogP contribution in [0, 0.1) is 0 Å². The summed E-state index contributed by atoms with van der Waals surface area (Å²) < 4.78 is 25.4. The third kappa shape index (κ3) is 4.42. The third-order valence-electron chi connectivity index (χ3n) is 3.02. The summed E-state index contributed by atoms with van der Waals surface area (Å²) in [6.45, 7) is 8.21. The smallest absolute Gasteiger partial charge is 0.229 e. The van der Waals surface area contributed by atoms with Gasteiger partial charge in [0, 0.05) is 18.8 Å². The molecule has 0 fully saturated rings. The van der Waals surface area contributed by atoms with E-state index in [9.17, 15) is 8.42 Å². The fraction of sp³-hybridized carbons (Fsp3) is 0.571. The summed E-state index contributed by atoms with van der Waals surface area (Å²) in [7, 11) is -3.24. The summed E-state index contributed by atoms with van der Waals surface area (Å²) in [6, 6.07) is 5.79. The van der Waals surface area contributed by atoms with Crippen LogP contribution in [0.15, 0.2) is 18.2 Å². The minimum Gasteiger partial charge on any atom is -0.372 e. The maximum absolute atomic E-state index is 11.4.